The molecule has 0 aliphatic heterocycles. The first-order chi connectivity index (χ1) is 10.6. The second kappa shape index (κ2) is 7.66. The number of rotatable bonds is 5. The van der Waals surface area contributed by atoms with Crippen molar-refractivity contribution in [3.63, 3.8) is 0 Å². The van der Waals surface area contributed by atoms with E-state index in [9.17, 15) is 9.59 Å². The van der Waals surface area contributed by atoms with E-state index in [-0.39, 0.29) is 11.2 Å². The topological polar surface area (TPSA) is 55.4 Å². The van der Waals surface area contributed by atoms with Crippen molar-refractivity contribution >= 4 is 29.3 Å². The zero-order chi connectivity index (χ0) is 15.9. The Morgan fingerprint density at radius 1 is 1.05 bits per heavy atom. The number of hydrogen-bond donors (Lipinski definition) is 1. The Balaban J connectivity index is 1.95. The Morgan fingerprint density at radius 2 is 1.68 bits per heavy atom. The molecule has 2 aromatic carbocycles. The lowest BCUT2D eigenvalue weighted by Crippen LogP contribution is -2.22. The van der Waals surface area contributed by atoms with Gasteiger partial charge in [0.2, 0.25) is 5.91 Å². The summed E-state index contributed by atoms with van der Waals surface area (Å²) in [6.07, 6.45) is 0. The van der Waals surface area contributed by atoms with Crippen LogP contribution >= 0.6 is 11.8 Å². The van der Waals surface area contributed by atoms with Crippen LogP contribution in [0.3, 0.4) is 0 Å². The van der Waals surface area contributed by atoms with Crippen LogP contribution in [0.1, 0.15) is 17.3 Å². The molecule has 0 saturated heterocycles. The standard InChI is InChI=1S/C17H17NO3S/c1-12(22-15-6-4-3-5-7-15)16(19)18-14-10-8-13(9-11-14)17(20)21-2/h3-12H,1-2H3,(H,18,19)/t12-/m1/s1. The van der Waals surface area contributed by atoms with Crippen molar-refractivity contribution in [1.29, 1.82) is 0 Å². The molecule has 0 spiro atoms. The van der Waals surface area contributed by atoms with Crippen molar-refractivity contribution in [1.82, 2.24) is 0 Å². The van der Waals surface area contributed by atoms with E-state index in [1.54, 1.807) is 24.3 Å². The summed E-state index contributed by atoms with van der Waals surface area (Å²) in [5.41, 5.74) is 1.10. The highest BCUT2D eigenvalue weighted by atomic mass is 32.2. The summed E-state index contributed by atoms with van der Waals surface area (Å²) < 4.78 is 4.63. The quantitative estimate of drug-likeness (QED) is 0.676. The van der Waals surface area contributed by atoms with E-state index in [1.165, 1.54) is 18.9 Å². The summed E-state index contributed by atoms with van der Waals surface area (Å²) in [5.74, 6) is -0.481. The molecule has 0 unspecified atom stereocenters. The Bertz CT molecular complexity index is 641. The first-order valence-electron chi connectivity index (χ1n) is 6.81. The van der Waals surface area contributed by atoms with Crippen LogP contribution < -0.4 is 5.32 Å². The van der Waals surface area contributed by atoms with Crippen LogP contribution in [0, 0.1) is 0 Å². The van der Waals surface area contributed by atoms with Gasteiger partial charge in [-0.15, -0.1) is 11.8 Å². The highest BCUT2D eigenvalue weighted by Crippen LogP contribution is 2.23. The van der Waals surface area contributed by atoms with Gasteiger partial charge in [0.05, 0.1) is 17.9 Å². The maximum atomic E-state index is 12.2. The minimum Gasteiger partial charge on any atom is -0.465 e. The van der Waals surface area contributed by atoms with Crippen LogP contribution in [0.4, 0.5) is 5.69 Å². The summed E-state index contributed by atoms with van der Waals surface area (Å²) in [6.45, 7) is 1.86. The van der Waals surface area contributed by atoms with Gasteiger partial charge in [-0.1, -0.05) is 18.2 Å². The maximum Gasteiger partial charge on any atom is 0.337 e. The van der Waals surface area contributed by atoms with Crippen molar-refractivity contribution in [3.8, 4) is 0 Å². The second-order valence-corrected chi connectivity index (χ2v) is 6.05. The van der Waals surface area contributed by atoms with Crippen LogP contribution in [0.5, 0.6) is 0 Å². The van der Waals surface area contributed by atoms with Gasteiger partial charge in [-0.05, 0) is 43.3 Å². The van der Waals surface area contributed by atoms with Gasteiger partial charge in [-0.3, -0.25) is 4.79 Å². The molecule has 5 heteroatoms. The largest absolute Gasteiger partial charge is 0.465 e. The molecule has 0 heterocycles. The predicted octanol–water partition coefficient (Wildman–Crippen LogP) is 3.59. The molecule has 4 nitrogen and oxygen atoms in total. The summed E-state index contributed by atoms with van der Waals surface area (Å²) in [5, 5.41) is 2.61. The van der Waals surface area contributed by atoms with E-state index in [1.807, 2.05) is 37.3 Å². The number of nitrogens with one attached hydrogen (secondary N) is 1. The van der Waals surface area contributed by atoms with Crippen molar-refractivity contribution in [2.75, 3.05) is 12.4 Å². The molecule has 1 atom stereocenters. The molecular weight excluding hydrogens is 298 g/mol. The zero-order valence-electron chi connectivity index (χ0n) is 12.4. The third-order valence-electron chi connectivity index (χ3n) is 3.00. The number of benzene rings is 2. The molecule has 114 valence electrons. The van der Waals surface area contributed by atoms with E-state index >= 15 is 0 Å². The lowest BCUT2D eigenvalue weighted by molar-refractivity contribution is -0.115. The van der Waals surface area contributed by atoms with Crippen molar-refractivity contribution in [2.24, 2.45) is 0 Å². The number of esters is 1. The molecular formula is C17H17NO3S. The van der Waals surface area contributed by atoms with Crippen molar-refractivity contribution in [3.05, 3.63) is 60.2 Å². The third-order valence-corrected chi connectivity index (χ3v) is 4.11. The van der Waals surface area contributed by atoms with Gasteiger partial charge < -0.3 is 10.1 Å². The number of hydrogen-bond acceptors (Lipinski definition) is 4. The Kier molecular flexibility index (Phi) is 5.61. The van der Waals surface area contributed by atoms with Gasteiger partial charge in [-0.25, -0.2) is 4.79 Å². The molecule has 1 N–H and O–H groups in total. The number of thioether (sulfide) groups is 1. The zero-order valence-corrected chi connectivity index (χ0v) is 13.2. The summed E-state index contributed by atoms with van der Waals surface area (Å²) in [4.78, 5) is 24.6. The van der Waals surface area contributed by atoms with Gasteiger partial charge in [-0.2, -0.15) is 0 Å². The monoisotopic (exact) mass is 315 g/mol. The number of anilines is 1. The number of carbonyl (C=O) groups excluding carboxylic acids is 2. The van der Waals surface area contributed by atoms with Gasteiger partial charge in [0.15, 0.2) is 0 Å². The minimum absolute atomic E-state index is 0.0836. The molecule has 0 aliphatic carbocycles. The molecule has 22 heavy (non-hydrogen) atoms. The van der Waals surface area contributed by atoms with Gasteiger partial charge in [0.25, 0.3) is 0 Å². The van der Waals surface area contributed by atoms with Crippen molar-refractivity contribution < 1.29 is 14.3 Å². The predicted molar refractivity (Wildman–Crippen MR) is 88.2 cm³/mol. The molecule has 0 radical (unpaired) electrons. The molecule has 0 bridgehead atoms. The molecule has 0 aliphatic rings. The lowest BCUT2D eigenvalue weighted by Gasteiger charge is -2.12. The van der Waals surface area contributed by atoms with Gasteiger partial charge >= 0.3 is 5.97 Å². The van der Waals surface area contributed by atoms with E-state index in [0.717, 1.165) is 4.90 Å². The van der Waals surface area contributed by atoms with Gasteiger partial charge in [0.1, 0.15) is 0 Å². The number of carbonyl (C=O) groups is 2. The first-order valence-corrected chi connectivity index (χ1v) is 7.69. The molecule has 0 aromatic heterocycles. The fraction of sp³-hybridized carbons (Fsp3) is 0.176. The molecule has 2 aromatic rings. The SMILES string of the molecule is COC(=O)c1ccc(NC(=O)[C@@H](C)Sc2ccccc2)cc1. The average molecular weight is 315 g/mol. The number of ether oxygens (including phenoxy) is 1. The highest BCUT2D eigenvalue weighted by molar-refractivity contribution is 8.00. The fourth-order valence-electron chi connectivity index (χ4n) is 1.81. The maximum absolute atomic E-state index is 12.2. The van der Waals surface area contributed by atoms with Crippen LogP contribution in [0.25, 0.3) is 0 Å². The third kappa shape index (κ3) is 4.36. The lowest BCUT2D eigenvalue weighted by atomic mass is 10.2. The highest BCUT2D eigenvalue weighted by Gasteiger charge is 2.14. The normalized spacial score (nSPS) is 11.5. The Labute approximate surface area is 133 Å². The van der Waals surface area contributed by atoms with Crippen LogP contribution in [0.15, 0.2) is 59.5 Å². The molecule has 2 rings (SSSR count). The molecule has 1 amide bonds. The first kappa shape index (κ1) is 16.1. The van der Waals surface area contributed by atoms with Crippen molar-refractivity contribution in [2.45, 2.75) is 17.1 Å². The Morgan fingerprint density at radius 3 is 2.27 bits per heavy atom. The Hall–Kier alpha value is -2.27. The minimum atomic E-state index is -0.397. The van der Waals surface area contributed by atoms with Crippen LogP contribution in [-0.4, -0.2) is 24.2 Å². The van der Waals surface area contributed by atoms with Gasteiger partial charge in [0, 0.05) is 10.6 Å². The fourth-order valence-corrected chi connectivity index (χ4v) is 2.70. The average Bonchev–Trinajstić information content (AvgIpc) is 2.55. The summed E-state index contributed by atoms with van der Waals surface area (Å²) in [6, 6.07) is 16.4. The summed E-state index contributed by atoms with van der Waals surface area (Å²) in [7, 11) is 1.33. The second-order valence-electron chi connectivity index (χ2n) is 4.63. The molecule has 0 fully saturated rings. The van der Waals surface area contributed by atoms with E-state index in [2.05, 4.69) is 10.1 Å². The van der Waals surface area contributed by atoms with Crippen LogP contribution in [0.2, 0.25) is 0 Å². The number of methoxy groups -OCH3 is 1. The van der Waals surface area contributed by atoms with Crippen LogP contribution in [-0.2, 0) is 9.53 Å². The van der Waals surface area contributed by atoms with E-state index < -0.39 is 5.97 Å². The molecule has 0 saturated carbocycles. The van der Waals surface area contributed by atoms with E-state index in [0.29, 0.717) is 11.3 Å². The summed E-state index contributed by atoms with van der Waals surface area (Å²) >= 11 is 1.50. The van der Waals surface area contributed by atoms with E-state index in [4.69, 9.17) is 0 Å². The number of amides is 1. The smallest absolute Gasteiger partial charge is 0.337 e.